The maximum absolute atomic E-state index is 6.18. The van der Waals surface area contributed by atoms with Crippen molar-refractivity contribution < 1.29 is 32.0 Å². The first kappa shape index (κ1) is 20.7. The van der Waals surface area contributed by atoms with Gasteiger partial charge >= 0.3 is 142 Å². The van der Waals surface area contributed by atoms with E-state index >= 15 is 0 Å². The molecule has 3 heterocycles. The number of hydrogen-bond donors (Lipinski definition) is 1. The Morgan fingerprint density at radius 2 is 0.688 bits per heavy atom. The van der Waals surface area contributed by atoms with Gasteiger partial charge in [-0.25, -0.2) is 0 Å². The van der Waals surface area contributed by atoms with Gasteiger partial charge in [0, 0.05) is 0 Å². The Balaban J connectivity index is 0.000000272. The Labute approximate surface area is 187 Å². The summed E-state index contributed by atoms with van der Waals surface area (Å²) < 4.78 is 37.1. The fourth-order valence-corrected chi connectivity index (χ4v) is 7.91. The zero-order chi connectivity index (χ0) is 22.3. The monoisotopic (exact) mass is 457 g/mol. The number of fused-ring (bicyclic) bond motifs is 3. The third kappa shape index (κ3) is 2.96. The molecule has 0 aliphatic carbocycles. The molecule has 3 aromatic rings. The van der Waals surface area contributed by atoms with E-state index in [4.69, 9.17) is 27.1 Å². The number of hydrogen-bond acceptors (Lipinski definition) is 6. The molecular weight excluding hydrogens is 429 g/mol. The standard InChI is InChI=1S/C18H12O6P.C6H15N/c1-2-8-14-13(7-1)19-25(20-14,21-15-9-3-4-10-16(15)22-25)23-17-11-5-6-12-18(17)24-25;1-4-7(5-2)6-3/h1-12H;4-6H2,1-3H3/q-1;/p+1. The van der Waals surface area contributed by atoms with Crippen molar-refractivity contribution in [2.24, 2.45) is 0 Å². The van der Waals surface area contributed by atoms with Gasteiger partial charge in [-0.2, -0.15) is 0 Å². The maximum atomic E-state index is 6.18. The second kappa shape index (κ2) is 6.92. The van der Waals surface area contributed by atoms with E-state index in [2.05, 4.69) is 20.8 Å². The second-order valence-electron chi connectivity index (χ2n) is 7.82. The van der Waals surface area contributed by atoms with Crippen molar-refractivity contribution >= 4 is 7.31 Å². The second-order valence-corrected chi connectivity index (χ2v) is 11.1. The molecule has 0 unspecified atom stereocenters. The quantitative estimate of drug-likeness (QED) is 0.564. The summed E-state index contributed by atoms with van der Waals surface area (Å²) in [5, 5.41) is 0. The molecule has 3 aromatic carbocycles. The first-order chi connectivity index (χ1) is 15.5. The summed E-state index contributed by atoms with van der Waals surface area (Å²) >= 11 is 0. The van der Waals surface area contributed by atoms with Gasteiger partial charge in [0.1, 0.15) is 0 Å². The molecule has 0 amide bonds. The fraction of sp³-hybridized carbons (Fsp3) is 0.250. The molecule has 0 aromatic heterocycles. The minimum absolute atomic E-state index is 0.429. The van der Waals surface area contributed by atoms with Crippen LogP contribution in [-0.4, -0.2) is 19.6 Å². The minimum atomic E-state index is -5.56. The van der Waals surface area contributed by atoms with Gasteiger partial charge in [-0.05, 0) is 20.8 Å². The van der Waals surface area contributed by atoms with Crippen molar-refractivity contribution in [1.82, 2.24) is 0 Å². The Morgan fingerprint density at radius 1 is 0.469 bits per heavy atom. The topological polar surface area (TPSA) is 59.8 Å². The van der Waals surface area contributed by atoms with Crippen LogP contribution < -0.4 is 32.0 Å². The van der Waals surface area contributed by atoms with Crippen molar-refractivity contribution in [3.63, 3.8) is 0 Å². The molecule has 170 valence electrons. The van der Waals surface area contributed by atoms with Gasteiger partial charge < -0.3 is 4.90 Å². The number of quaternary nitrogens is 1. The summed E-state index contributed by atoms with van der Waals surface area (Å²) in [5.41, 5.74) is 0. The third-order valence-electron chi connectivity index (χ3n) is 5.76. The molecule has 3 aliphatic heterocycles. The Hall–Kier alpha value is -3.15. The first-order valence-electron chi connectivity index (χ1n) is 11.0. The molecule has 1 spiro atoms. The molecule has 7 nitrogen and oxygen atoms in total. The van der Waals surface area contributed by atoms with Gasteiger partial charge in [-0.15, -0.1) is 0 Å². The molecule has 0 saturated carbocycles. The van der Waals surface area contributed by atoms with E-state index in [0.717, 1.165) is 0 Å². The van der Waals surface area contributed by atoms with Crippen LogP contribution in [0.1, 0.15) is 20.8 Å². The van der Waals surface area contributed by atoms with Gasteiger partial charge in [0.15, 0.2) is 0 Å². The zero-order valence-electron chi connectivity index (χ0n) is 18.4. The summed E-state index contributed by atoms with van der Waals surface area (Å²) in [5.74, 6) is 2.58. The van der Waals surface area contributed by atoms with Crippen LogP contribution in [0.5, 0.6) is 34.5 Å². The first-order valence-corrected chi connectivity index (χ1v) is 13.2. The summed E-state index contributed by atoms with van der Waals surface area (Å²) in [4.78, 5) is 1.68. The number of para-hydroxylation sites is 6. The summed E-state index contributed by atoms with van der Waals surface area (Å²) in [6.45, 7) is 10.5. The van der Waals surface area contributed by atoms with Crippen molar-refractivity contribution in [3.05, 3.63) is 72.8 Å². The fourth-order valence-electron chi connectivity index (χ4n) is 4.04. The Morgan fingerprint density at radius 3 is 0.844 bits per heavy atom. The van der Waals surface area contributed by atoms with Gasteiger partial charge in [0.2, 0.25) is 0 Å². The van der Waals surface area contributed by atoms with E-state index in [1.54, 1.807) is 41.3 Å². The zero-order valence-corrected chi connectivity index (χ0v) is 19.3. The van der Waals surface area contributed by atoms with Crippen molar-refractivity contribution in [3.8, 4) is 34.5 Å². The van der Waals surface area contributed by atoms with E-state index < -0.39 is 7.31 Å². The average molecular weight is 457 g/mol. The summed E-state index contributed by atoms with van der Waals surface area (Å²) in [6.07, 6.45) is 0. The average Bonchev–Trinajstić information content (AvgIpc) is 3.38. The van der Waals surface area contributed by atoms with Crippen LogP contribution in [0.2, 0.25) is 0 Å². The number of benzene rings is 3. The van der Waals surface area contributed by atoms with Crippen molar-refractivity contribution in [1.29, 1.82) is 0 Å². The van der Waals surface area contributed by atoms with Crippen LogP contribution in [0.25, 0.3) is 0 Å². The van der Waals surface area contributed by atoms with E-state index in [1.807, 2.05) is 36.4 Å². The number of rotatable bonds is 3. The van der Waals surface area contributed by atoms with Gasteiger partial charge in [-0.1, -0.05) is 0 Å². The molecule has 6 rings (SSSR count). The van der Waals surface area contributed by atoms with E-state index in [1.165, 1.54) is 19.6 Å². The van der Waals surface area contributed by atoms with Crippen LogP contribution >= 0.6 is 7.31 Å². The summed E-state index contributed by atoms with van der Waals surface area (Å²) in [6, 6.07) is 21.4. The predicted octanol–water partition coefficient (Wildman–Crippen LogP) is 4.91. The van der Waals surface area contributed by atoms with Crippen molar-refractivity contribution in [2.75, 3.05) is 19.6 Å². The van der Waals surface area contributed by atoms with E-state index in [-0.39, 0.29) is 0 Å². The summed E-state index contributed by atoms with van der Waals surface area (Å²) in [7, 11) is -5.56. The SMILES string of the molecule is CC[NH+](CC)CC.c1ccc2c(c1)O[P-]13(O2)(Oc2ccccc2O1)Oc1ccccc1O3. The van der Waals surface area contributed by atoms with Crippen LogP contribution in [0.15, 0.2) is 72.8 Å². The molecule has 3 aliphatic rings. The van der Waals surface area contributed by atoms with E-state index in [0.29, 0.717) is 34.5 Å². The molecule has 0 bridgehead atoms. The van der Waals surface area contributed by atoms with Gasteiger partial charge in [0.25, 0.3) is 0 Å². The Bertz CT molecular complexity index is 940. The van der Waals surface area contributed by atoms with Crippen LogP contribution in [0.4, 0.5) is 0 Å². The molecule has 0 radical (unpaired) electrons. The van der Waals surface area contributed by atoms with Crippen LogP contribution in [-0.2, 0) is 0 Å². The Kier molecular flexibility index (Phi) is 4.49. The van der Waals surface area contributed by atoms with Gasteiger partial charge in [-0.3, -0.25) is 0 Å². The van der Waals surface area contributed by atoms with E-state index in [9.17, 15) is 0 Å². The molecule has 8 heteroatoms. The van der Waals surface area contributed by atoms with Crippen molar-refractivity contribution in [2.45, 2.75) is 20.8 Å². The molecule has 1 N–H and O–H groups in total. The van der Waals surface area contributed by atoms with Gasteiger partial charge in [0.05, 0.1) is 19.6 Å². The predicted molar refractivity (Wildman–Crippen MR) is 123 cm³/mol. The molecule has 0 atom stereocenters. The molecule has 0 saturated heterocycles. The normalized spacial score (nSPS) is 20.6. The third-order valence-corrected chi connectivity index (χ3v) is 9.17. The molecule has 32 heavy (non-hydrogen) atoms. The molecular formula is C24H28NO6P. The van der Waals surface area contributed by atoms with Crippen LogP contribution in [0, 0.1) is 0 Å². The van der Waals surface area contributed by atoms with Crippen LogP contribution in [0.3, 0.4) is 0 Å². The number of nitrogens with one attached hydrogen (secondary N) is 1. The molecule has 0 fully saturated rings.